The molecule has 1 amide bonds. The fourth-order valence-corrected chi connectivity index (χ4v) is 2.29. The van der Waals surface area contributed by atoms with Crippen molar-refractivity contribution < 1.29 is 9.32 Å². The molecule has 0 aliphatic carbocycles. The van der Waals surface area contributed by atoms with Crippen molar-refractivity contribution >= 4 is 21.8 Å². The van der Waals surface area contributed by atoms with Crippen molar-refractivity contribution in [3.05, 3.63) is 53.4 Å². The summed E-state index contributed by atoms with van der Waals surface area (Å²) in [5.41, 5.74) is 1.01. The lowest BCUT2D eigenvalue weighted by molar-refractivity contribution is 0.0912. The number of halogens is 1. The van der Waals surface area contributed by atoms with E-state index in [1.54, 1.807) is 6.92 Å². The molecule has 2 aromatic rings. The number of aryl methyl sites for hydroxylation is 1. The van der Waals surface area contributed by atoms with Crippen LogP contribution in [0.2, 0.25) is 0 Å². The van der Waals surface area contributed by atoms with Gasteiger partial charge in [-0.05, 0) is 19.4 Å². The summed E-state index contributed by atoms with van der Waals surface area (Å²) in [4.78, 5) is 12.2. The summed E-state index contributed by atoms with van der Waals surface area (Å²) < 4.78 is 4.92. The van der Waals surface area contributed by atoms with Gasteiger partial charge in [-0.15, -0.1) is 0 Å². The molecule has 1 unspecified atom stereocenters. The number of benzene rings is 1. The summed E-state index contributed by atoms with van der Waals surface area (Å²) in [6.45, 7) is 3.69. The standard InChI is InChI=1S/C14H15BrN2O2/c1-10-12(8-16-19-10)13(18)17-14(2,9-15)11-6-4-3-5-7-11/h3-8H,9H2,1-2H3,(H,17,18). The molecule has 1 heterocycles. The Morgan fingerprint density at radius 1 is 1.42 bits per heavy atom. The zero-order valence-corrected chi connectivity index (χ0v) is 12.4. The molecule has 0 aliphatic rings. The quantitative estimate of drug-likeness (QED) is 0.880. The highest BCUT2D eigenvalue weighted by Gasteiger charge is 2.28. The Hall–Kier alpha value is -1.62. The van der Waals surface area contributed by atoms with E-state index in [0.717, 1.165) is 5.56 Å². The number of carbonyl (C=O) groups excluding carboxylic acids is 1. The van der Waals surface area contributed by atoms with Crippen molar-refractivity contribution in [3.8, 4) is 0 Å². The van der Waals surface area contributed by atoms with Crippen molar-refractivity contribution in [2.24, 2.45) is 0 Å². The van der Waals surface area contributed by atoms with Crippen molar-refractivity contribution in [2.45, 2.75) is 19.4 Å². The molecular weight excluding hydrogens is 308 g/mol. The second kappa shape index (κ2) is 5.57. The molecule has 1 atom stereocenters. The van der Waals surface area contributed by atoms with Gasteiger partial charge in [0.25, 0.3) is 5.91 Å². The van der Waals surface area contributed by atoms with Crippen LogP contribution in [0.5, 0.6) is 0 Å². The van der Waals surface area contributed by atoms with Crippen LogP contribution in [0.1, 0.15) is 28.6 Å². The van der Waals surface area contributed by atoms with Crippen LogP contribution in [0.25, 0.3) is 0 Å². The Balaban J connectivity index is 2.25. The monoisotopic (exact) mass is 322 g/mol. The van der Waals surface area contributed by atoms with Gasteiger partial charge in [0, 0.05) is 5.33 Å². The maximum atomic E-state index is 12.2. The number of aromatic nitrogens is 1. The predicted octanol–water partition coefficient (Wildman–Crippen LogP) is 3.02. The van der Waals surface area contributed by atoms with E-state index in [9.17, 15) is 4.79 Å². The average Bonchev–Trinajstić information content (AvgIpc) is 2.86. The van der Waals surface area contributed by atoms with Crippen molar-refractivity contribution in [1.29, 1.82) is 0 Å². The number of carbonyl (C=O) groups is 1. The van der Waals surface area contributed by atoms with Gasteiger partial charge < -0.3 is 9.84 Å². The molecule has 4 nitrogen and oxygen atoms in total. The molecule has 5 heteroatoms. The van der Waals surface area contributed by atoms with E-state index in [1.807, 2.05) is 37.3 Å². The van der Waals surface area contributed by atoms with Crippen LogP contribution in [0, 0.1) is 6.92 Å². The Bertz CT molecular complexity index is 568. The molecule has 0 saturated carbocycles. The first-order valence-electron chi connectivity index (χ1n) is 5.92. The number of hydrogen-bond donors (Lipinski definition) is 1. The van der Waals surface area contributed by atoms with E-state index in [1.165, 1.54) is 6.20 Å². The normalized spacial score (nSPS) is 13.8. The van der Waals surface area contributed by atoms with Crippen molar-refractivity contribution in [2.75, 3.05) is 5.33 Å². The Labute approximate surface area is 120 Å². The first kappa shape index (κ1) is 13.8. The largest absolute Gasteiger partial charge is 0.361 e. The smallest absolute Gasteiger partial charge is 0.257 e. The van der Waals surface area contributed by atoms with Gasteiger partial charge in [-0.25, -0.2) is 0 Å². The minimum atomic E-state index is -0.484. The van der Waals surface area contributed by atoms with E-state index < -0.39 is 5.54 Å². The lowest BCUT2D eigenvalue weighted by Gasteiger charge is -2.29. The zero-order chi connectivity index (χ0) is 13.9. The summed E-state index contributed by atoms with van der Waals surface area (Å²) >= 11 is 3.47. The summed E-state index contributed by atoms with van der Waals surface area (Å²) in [5, 5.41) is 7.25. The molecule has 0 aliphatic heterocycles. The van der Waals surface area contributed by atoms with Gasteiger partial charge in [0.15, 0.2) is 0 Å². The van der Waals surface area contributed by atoms with Crippen LogP contribution < -0.4 is 5.32 Å². The van der Waals surface area contributed by atoms with Gasteiger partial charge in [0.05, 0.1) is 11.7 Å². The Kier molecular flexibility index (Phi) is 4.04. The number of alkyl halides is 1. The van der Waals surface area contributed by atoms with Crippen LogP contribution in [0.4, 0.5) is 0 Å². The van der Waals surface area contributed by atoms with Gasteiger partial charge in [-0.1, -0.05) is 51.4 Å². The number of nitrogens with one attached hydrogen (secondary N) is 1. The summed E-state index contributed by atoms with van der Waals surface area (Å²) in [5.74, 6) is 0.326. The molecular formula is C14H15BrN2O2. The molecule has 0 saturated heterocycles. The van der Waals surface area contributed by atoms with E-state index >= 15 is 0 Å². The van der Waals surface area contributed by atoms with Gasteiger partial charge in [-0.3, -0.25) is 4.79 Å². The molecule has 1 aromatic carbocycles. The van der Waals surface area contributed by atoms with E-state index in [0.29, 0.717) is 16.7 Å². The first-order chi connectivity index (χ1) is 9.07. The summed E-state index contributed by atoms with van der Waals surface area (Å²) in [6, 6.07) is 9.83. The molecule has 100 valence electrons. The van der Waals surface area contributed by atoms with Crippen LogP contribution in [-0.2, 0) is 5.54 Å². The molecule has 1 aromatic heterocycles. The highest BCUT2D eigenvalue weighted by Crippen LogP contribution is 2.23. The fraction of sp³-hybridized carbons (Fsp3) is 0.286. The molecule has 1 N–H and O–H groups in total. The maximum absolute atomic E-state index is 12.2. The summed E-state index contributed by atoms with van der Waals surface area (Å²) in [6.07, 6.45) is 1.43. The molecule has 0 fully saturated rings. The molecule has 0 spiro atoms. The van der Waals surface area contributed by atoms with E-state index in [-0.39, 0.29) is 5.91 Å². The van der Waals surface area contributed by atoms with Gasteiger partial charge in [0.2, 0.25) is 0 Å². The third kappa shape index (κ3) is 2.87. The van der Waals surface area contributed by atoms with Crippen LogP contribution in [0.3, 0.4) is 0 Å². The van der Waals surface area contributed by atoms with Crippen LogP contribution >= 0.6 is 15.9 Å². The van der Waals surface area contributed by atoms with Gasteiger partial charge in [-0.2, -0.15) is 0 Å². The second-order valence-electron chi connectivity index (χ2n) is 4.58. The fourth-order valence-electron chi connectivity index (χ4n) is 1.82. The van der Waals surface area contributed by atoms with Crippen LogP contribution in [0.15, 0.2) is 41.1 Å². The highest BCUT2D eigenvalue weighted by molar-refractivity contribution is 9.09. The lowest BCUT2D eigenvalue weighted by Crippen LogP contribution is -2.45. The number of nitrogens with zero attached hydrogens (tertiary/aromatic N) is 1. The zero-order valence-electron chi connectivity index (χ0n) is 10.8. The SMILES string of the molecule is Cc1oncc1C(=O)NC(C)(CBr)c1ccccc1. The van der Waals surface area contributed by atoms with Crippen LogP contribution in [-0.4, -0.2) is 16.4 Å². The molecule has 19 heavy (non-hydrogen) atoms. The Morgan fingerprint density at radius 2 is 2.11 bits per heavy atom. The third-order valence-electron chi connectivity index (χ3n) is 3.06. The average molecular weight is 323 g/mol. The number of hydrogen-bond acceptors (Lipinski definition) is 3. The maximum Gasteiger partial charge on any atom is 0.257 e. The highest BCUT2D eigenvalue weighted by atomic mass is 79.9. The first-order valence-corrected chi connectivity index (χ1v) is 7.04. The Morgan fingerprint density at radius 3 is 2.63 bits per heavy atom. The lowest BCUT2D eigenvalue weighted by atomic mass is 9.94. The van der Waals surface area contributed by atoms with E-state index in [4.69, 9.17) is 4.52 Å². The topological polar surface area (TPSA) is 55.1 Å². The number of amides is 1. The minimum absolute atomic E-state index is 0.190. The minimum Gasteiger partial charge on any atom is -0.361 e. The molecule has 0 bridgehead atoms. The van der Waals surface area contributed by atoms with E-state index in [2.05, 4.69) is 26.4 Å². The van der Waals surface area contributed by atoms with Crippen molar-refractivity contribution in [1.82, 2.24) is 10.5 Å². The predicted molar refractivity (Wildman–Crippen MR) is 76.3 cm³/mol. The molecule has 0 radical (unpaired) electrons. The molecule has 2 rings (SSSR count). The van der Waals surface area contributed by atoms with Gasteiger partial charge >= 0.3 is 0 Å². The van der Waals surface area contributed by atoms with Crippen molar-refractivity contribution in [3.63, 3.8) is 0 Å². The second-order valence-corrected chi connectivity index (χ2v) is 5.14. The summed E-state index contributed by atoms with van der Waals surface area (Å²) in [7, 11) is 0. The number of rotatable bonds is 4. The third-order valence-corrected chi connectivity index (χ3v) is 4.18. The van der Waals surface area contributed by atoms with Gasteiger partial charge in [0.1, 0.15) is 11.3 Å².